The van der Waals surface area contributed by atoms with Crippen molar-refractivity contribution in [1.82, 2.24) is 9.80 Å². The zero-order valence-corrected chi connectivity index (χ0v) is 10.9. The lowest BCUT2D eigenvalue weighted by molar-refractivity contribution is -0.135. The molecule has 0 N–H and O–H groups in total. The quantitative estimate of drug-likeness (QED) is 0.737. The van der Waals surface area contributed by atoms with Gasteiger partial charge in [-0.1, -0.05) is 6.92 Å². The molecule has 2 saturated heterocycles. The third-order valence-electron chi connectivity index (χ3n) is 3.88. The predicted molar refractivity (Wildman–Crippen MR) is 66.9 cm³/mol. The number of nitrogens with zero attached hydrogens (tertiary/aromatic N) is 2. The molecular formula is C13H24N2O2. The second-order valence-corrected chi connectivity index (χ2v) is 5.27. The van der Waals surface area contributed by atoms with Gasteiger partial charge in [0.15, 0.2) is 0 Å². The molecule has 2 aliphatic heterocycles. The fourth-order valence-electron chi connectivity index (χ4n) is 2.51. The van der Waals surface area contributed by atoms with Crippen molar-refractivity contribution >= 4 is 5.91 Å². The normalized spacial score (nSPS) is 23.9. The van der Waals surface area contributed by atoms with Crippen molar-refractivity contribution in [2.75, 3.05) is 45.9 Å². The van der Waals surface area contributed by atoms with Crippen molar-refractivity contribution in [3.8, 4) is 0 Å². The van der Waals surface area contributed by atoms with Gasteiger partial charge in [0.25, 0.3) is 0 Å². The second-order valence-electron chi connectivity index (χ2n) is 5.27. The second kappa shape index (κ2) is 6.36. The summed E-state index contributed by atoms with van der Waals surface area (Å²) in [5.41, 5.74) is 0. The molecule has 0 unspecified atom stereocenters. The molecule has 0 spiro atoms. The number of carbonyl (C=O) groups excluding carboxylic acids is 1. The van der Waals surface area contributed by atoms with Crippen LogP contribution in [0.1, 0.15) is 26.2 Å². The monoisotopic (exact) mass is 240 g/mol. The Balaban J connectivity index is 1.65. The number of rotatable bonds is 3. The molecule has 0 aromatic carbocycles. The summed E-state index contributed by atoms with van der Waals surface area (Å²) in [5.74, 6) is 1.16. The van der Waals surface area contributed by atoms with Crippen LogP contribution in [0.2, 0.25) is 0 Å². The molecule has 0 radical (unpaired) electrons. The molecule has 4 heteroatoms. The Morgan fingerprint density at radius 3 is 2.47 bits per heavy atom. The number of hydrogen-bond donors (Lipinski definition) is 0. The number of likely N-dealkylation sites (tertiary alicyclic amines) is 1. The van der Waals surface area contributed by atoms with E-state index < -0.39 is 0 Å². The van der Waals surface area contributed by atoms with Crippen molar-refractivity contribution in [2.45, 2.75) is 26.2 Å². The summed E-state index contributed by atoms with van der Waals surface area (Å²) in [6.07, 6.45) is 3.24. The molecule has 0 saturated carbocycles. The molecule has 2 rings (SSSR count). The summed E-state index contributed by atoms with van der Waals surface area (Å²) in [6, 6.07) is 0. The maximum Gasteiger partial charge on any atom is 0.224 e. The van der Waals surface area contributed by atoms with Gasteiger partial charge in [-0.05, 0) is 31.8 Å². The van der Waals surface area contributed by atoms with Crippen LogP contribution in [0.5, 0.6) is 0 Å². The lowest BCUT2D eigenvalue weighted by Gasteiger charge is -2.31. The number of morpholine rings is 1. The van der Waals surface area contributed by atoms with E-state index in [1.54, 1.807) is 0 Å². The molecule has 1 amide bonds. The van der Waals surface area contributed by atoms with Gasteiger partial charge in [-0.25, -0.2) is 0 Å². The van der Waals surface area contributed by atoms with E-state index in [2.05, 4.69) is 11.8 Å². The van der Waals surface area contributed by atoms with Gasteiger partial charge in [0.05, 0.1) is 13.2 Å². The first-order chi connectivity index (χ1) is 8.25. The molecule has 0 aromatic heterocycles. The zero-order chi connectivity index (χ0) is 12.1. The molecule has 4 nitrogen and oxygen atoms in total. The summed E-state index contributed by atoms with van der Waals surface area (Å²) in [6.45, 7) is 8.53. The summed E-state index contributed by atoms with van der Waals surface area (Å²) in [7, 11) is 0. The van der Waals surface area contributed by atoms with Gasteiger partial charge in [0.2, 0.25) is 5.91 Å². The molecule has 0 aromatic rings. The standard InChI is InChI=1S/C13H24N2O2/c1-12-2-5-14(6-3-12)7-4-13(16)15-8-10-17-11-9-15/h12H,2-11H2,1H3. The molecule has 2 heterocycles. The highest BCUT2D eigenvalue weighted by molar-refractivity contribution is 5.76. The molecular weight excluding hydrogens is 216 g/mol. The van der Waals surface area contributed by atoms with Gasteiger partial charge < -0.3 is 14.5 Å². The predicted octanol–water partition coefficient (Wildman–Crippen LogP) is 0.967. The SMILES string of the molecule is CC1CCN(CCC(=O)N2CCOCC2)CC1. The van der Waals surface area contributed by atoms with Crippen LogP contribution in [0.25, 0.3) is 0 Å². The van der Waals surface area contributed by atoms with Crippen molar-refractivity contribution < 1.29 is 9.53 Å². The molecule has 0 aliphatic carbocycles. The summed E-state index contributed by atoms with van der Waals surface area (Å²) in [5, 5.41) is 0. The summed E-state index contributed by atoms with van der Waals surface area (Å²) < 4.78 is 5.25. The Labute approximate surface area is 104 Å². The van der Waals surface area contributed by atoms with E-state index in [-0.39, 0.29) is 0 Å². The van der Waals surface area contributed by atoms with Gasteiger partial charge in [-0.15, -0.1) is 0 Å². The van der Waals surface area contributed by atoms with E-state index in [0.717, 1.165) is 38.6 Å². The van der Waals surface area contributed by atoms with E-state index in [9.17, 15) is 4.79 Å². The van der Waals surface area contributed by atoms with E-state index in [1.807, 2.05) is 4.90 Å². The van der Waals surface area contributed by atoms with Gasteiger partial charge in [-0.3, -0.25) is 4.79 Å². The highest BCUT2D eigenvalue weighted by Gasteiger charge is 2.19. The molecule has 0 bridgehead atoms. The summed E-state index contributed by atoms with van der Waals surface area (Å²) in [4.78, 5) is 16.3. The van der Waals surface area contributed by atoms with Crippen LogP contribution in [0.3, 0.4) is 0 Å². The van der Waals surface area contributed by atoms with Crippen LogP contribution in [0.15, 0.2) is 0 Å². The van der Waals surface area contributed by atoms with Crippen molar-refractivity contribution in [3.63, 3.8) is 0 Å². The minimum atomic E-state index is 0.298. The number of ether oxygens (including phenoxy) is 1. The van der Waals surface area contributed by atoms with E-state index in [1.165, 1.54) is 12.8 Å². The minimum absolute atomic E-state index is 0.298. The topological polar surface area (TPSA) is 32.8 Å². The molecule has 0 atom stereocenters. The highest BCUT2D eigenvalue weighted by Crippen LogP contribution is 2.16. The van der Waals surface area contributed by atoms with Gasteiger partial charge in [0.1, 0.15) is 0 Å². The maximum atomic E-state index is 11.9. The first-order valence-electron chi connectivity index (χ1n) is 6.83. The maximum absolute atomic E-state index is 11.9. The largest absolute Gasteiger partial charge is 0.378 e. The average molecular weight is 240 g/mol. The molecule has 98 valence electrons. The van der Waals surface area contributed by atoms with Crippen molar-refractivity contribution in [1.29, 1.82) is 0 Å². The van der Waals surface area contributed by atoms with Gasteiger partial charge >= 0.3 is 0 Å². The molecule has 2 aliphatic rings. The summed E-state index contributed by atoms with van der Waals surface area (Å²) >= 11 is 0. The Hall–Kier alpha value is -0.610. The Morgan fingerprint density at radius 2 is 1.82 bits per heavy atom. The Bertz CT molecular complexity index is 244. The lowest BCUT2D eigenvalue weighted by Crippen LogP contribution is -2.42. The van der Waals surface area contributed by atoms with Crippen molar-refractivity contribution in [3.05, 3.63) is 0 Å². The van der Waals surface area contributed by atoms with Crippen LogP contribution >= 0.6 is 0 Å². The molecule has 17 heavy (non-hydrogen) atoms. The minimum Gasteiger partial charge on any atom is -0.378 e. The third-order valence-corrected chi connectivity index (χ3v) is 3.88. The lowest BCUT2D eigenvalue weighted by atomic mass is 9.99. The van der Waals surface area contributed by atoms with Crippen LogP contribution in [-0.2, 0) is 9.53 Å². The van der Waals surface area contributed by atoms with Crippen LogP contribution in [0, 0.1) is 5.92 Å². The van der Waals surface area contributed by atoms with Gasteiger partial charge in [-0.2, -0.15) is 0 Å². The smallest absolute Gasteiger partial charge is 0.224 e. The zero-order valence-electron chi connectivity index (χ0n) is 10.9. The first kappa shape index (κ1) is 12.8. The van der Waals surface area contributed by atoms with Crippen LogP contribution in [0.4, 0.5) is 0 Å². The van der Waals surface area contributed by atoms with Crippen LogP contribution < -0.4 is 0 Å². The number of amides is 1. The fourth-order valence-corrected chi connectivity index (χ4v) is 2.51. The number of hydrogen-bond acceptors (Lipinski definition) is 3. The van der Waals surface area contributed by atoms with Crippen molar-refractivity contribution in [2.24, 2.45) is 5.92 Å². The van der Waals surface area contributed by atoms with Gasteiger partial charge in [0, 0.05) is 26.1 Å². The Morgan fingerprint density at radius 1 is 1.18 bits per heavy atom. The van der Waals surface area contributed by atoms with Crippen LogP contribution in [-0.4, -0.2) is 61.6 Å². The highest BCUT2D eigenvalue weighted by atomic mass is 16.5. The average Bonchev–Trinajstić information content (AvgIpc) is 2.39. The number of carbonyl (C=O) groups is 1. The van der Waals surface area contributed by atoms with E-state index in [0.29, 0.717) is 25.5 Å². The third kappa shape index (κ3) is 3.96. The Kier molecular flexibility index (Phi) is 4.80. The number of piperidine rings is 1. The molecule has 2 fully saturated rings. The first-order valence-corrected chi connectivity index (χ1v) is 6.83. The van der Waals surface area contributed by atoms with E-state index >= 15 is 0 Å². The fraction of sp³-hybridized carbons (Fsp3) is 0.923. The van der Waals surface area contributed by atoms with E-state index in [4.69, 9.17) is 4.74 Å².